The van der Waals surface area contributed by atoms with E-state index in [1.807, 2.05) is 24.3 Å². The molecule has 0 bridgehead atoms. The molecule has 2 aromatic rings. The summed E-state index contributed by atoms with van der Waals surface area (Å²) in [5.41, 5.74) is 2.49. The number of rotatable bonds is 4. The number of fused-ring (bicyclic) bond motifs is 2. The topological polar surface area (TPSA) is 39.7 Å². The van der Waals surface area contributed by atoms with Crippen LogP contribution >= 0.6 is 0 Å². The van der Waals surface area contributed by atoms with E-state index < -0.39 is 0 Å². The van der Waals surface area contributed by atoms with Gasteiger partial charge in [-0.25, -0.2) is 0 Å². The molecule has 4 rings (SSSR count). The third-order valence-corrected chi connectivity index (χ3v) is 3.85. The highest BCUT2D eigenvalue weighted by Gasteiger charge is 2.21. The van der Waals surface area contributed by atoms with Crippen molar-refractivity contribution in [1.29, 1.82) is 0 Å². The zero-order valence-electron chi connectivity index (χ0n) is 11.7. The Labute approximate surface area is 123 Å². The van der Waals surface area contributed by atoms with Gasteiger partial charge in [0.1, 0.15) is 11.9 Å². The quantitative estimate of drug-likeness (QED) is 0.936. The van der Waals surface area contributed by atoms with Gasteiger partial charge in [0.15, 0.2) is 11.5 Å². The summed E-state index contributed by atoms with van der Waals surface area (Å²) in [5.74, 6) is 2.68. The smallest absolute Gasteiger partial charge is 0.231 e. The van der Waals surface area contributed by atoms with Crippen LogP contribution in [0.4, 0.5) is 0 Å². The van der Waals surface area contributed by atoms with Crippen molar-refractivity contribution in [1.82, 2.24) is 5.32 Å². The highest BCUT2D eigenvalue weighted by Crippen LogP contribution is 2.32. The highest BCUT2D eigenvalue weighted by molar-refractivity contribution is 5.44. The summed E-state index contributed by atoms with van der Waals surface area (Å²) in [4.78, 5) is 0. The van der Waals surface area contributed by atoms with Crippen molar-refractivity contribution in [2.45, 2.75) is 19.1 Å². The highest BCUT2D eigenvalue weighted by atomic mass is 16.7. The van der Waals surface area contributed by atoms with Crippen molar-refractivity contribution in [2.24, 2.45) is 0 Å². The summed E-state index contributed by atoms with van der Waals surface area (Å²) in [7, 11) is 0. The number of benzene rings is 2. The molecule has 4 heteroatoms. The average molecular weight is 283 g/mol. The Morgan fingerprint density at radius 2 is 1.90 bits per heavy atom. The number of para-hydroxylation sites is 1. The van der Waals surface area contributed by atoms with Gasteiger partial charge in [-0.2, -0.15) is 0 Å². The van der Waals surface area contributed by atoms with Crippen LogP contribution in [0, 0.1) is 0 Å². The van der Waals surface area contributed by atoms with Crippen LogP contribution in [0.2, 0.25) is 0 Å². The van der Waals surface area contributed by atoms with Gasteiger partial charge in [-0.3, -0.25) is 0 Å². The van der Waals surface area contributed by atoms with E-state index in [4.69, 9.17) is 14.2 Å². The first kappa shape index (κ1) is 12.5. The summed E-state index contributed by atoms with van der Waals surface area (Å²) in [6.07, 6.45) is 1.20. The summed E-state index contributed by atoms with van der Waals surface area (Å²) in [6.45, 7) is 1.95. The minimum absolute atomic E-state index is 0.219. The van der Waals surface area contributed by atoms with Crippen molar-refractivity contribution in [3.8, 4) is 17.2 Å². The van der Waals surface area contributed by atoms with E-state index >= 15 is 0 Å². The number of nitrogens with one attached hydrogen (secondary N) is 1. The fraction of sp³-hybridized carbons (Fsp3) is 0.294. The molecule has 0 radical (unpaired) electrons. The molecule has 0 saturated carbocycles. The summed E-state index contributed by atoms with van der Waals surface area (Å²) in [5, 5.41) is 3.45. The van der Waals surface area contributed by atoms with Crippen LogP contribution in [0.1, 0.15) is 11.1 Å². The van der Waals surface area contributed by atoms with Gasteiger partial charge < -0.3 is 19.5 Å². The molecule has 1 atom stereocenters. The van der Waals surface area contributed by atoms with Gasteiger partial charge in [-0.05, 0) is 29.3 Å². The normalized spacial score (nSPS) is 18.4. The standard InChI is InChI=1S/C17H17NO3/c1-2-4-15-13(3-1)8-14(21-15)10-18-9-12-5-6-16-17(7-12)20-11-19-16/h1-7,14,18H,8-11H2. The summed E-state index contributed by atoms with van der Waals surface area (Å²) in [6, 6.07) is 14.3. The van der Waals surface area contributed by atoms with E-state index in [-0.39, 0.29) is 6.10 Å². The van der Waals surface area contributed by atoms with Crippen LogP contribution in [0.15, 0.2) is 42.5 Å². The molecule has 0 saturated heterocycles. The zero-order chi connectivity index (χ0) is 14.1. The van der Waals surface area contributed by atoms with E-state index in [0.717, 1.165) is 36.8 Å². The molecule has 0 aromatic heterocycles. The second kappa shape index (κ2) is 5.30. The molecule has 0 spiro atoms. The first-order valence-electron chi connectivity index (χ1n) is 7.22. The number of hydrogen-bond donors (Lipinski definition) is 1. The lowest BCUT2D eigenvalue weighted by Gasteiger charge is -2.12. The van der Waals surface area contributed by atoms with Gasteiger partial charge >= 0.3 is 0 Å². The van der Waals surface area contributed by atoms with E-state index in [2.05, 4.69) is 23.5 Å². The van der Waals surface area contributed by atoms with Crippen LogP contribution in [0.3, 0.4) is 0 Å². The van der Waals surface area contributed by atoms with Gasteiger partial charge in [0.25, 0.3) is 0 Å². The maximum Gasteiger partial charge on any atom is 0.231 e. The molecular weight excluding hydrogens is 266 g/mol. The first-order chi connectivity index (χ1) is 10.4. The van der Waals surface area contributed by atoms with Crippen LogP contribution in [0.25, 0.3) is 0 Å². The summed E-state index contributed by atoms with van der Waals surface area (Å²) < 4.78 is 16.6. The molecule has 2 heterocycles. The molecule has 1 N–H and O–H groups in total. The van der Waals surface area contributed by atoms with Gasteiger partial charge in [0, 0.05) is 19.5 Å². The Balaban J connectivity index is 1.31. The maximum absolute atomic E-state index is 5.91. The minimum Gasteiger partial charge on any atom is -0.488 e. The molecular formula is C17H17NO3. The van der Waals surface area contributed by atoms with Gasteiger partial charge in [0.2, 0.25) is 6.79 Å². The largest absolute Gasteiger partial charge is 0.488 e. The van der Waals surface area contributed by atoms with Gasteiger partial charge in [-0.1, -0.05) is 24.3 Å². The SMILES string of the molecule is c1ccc2c(c1)CC(CNCc1ccc3c(c1)OCO3)O2. The lowest BCUT2D eigenvalue weighted by Crippen LogP contribution is -2.29. The van der Waals surface area contributed by atoms with Crippen molar-refractivity contribution in [3.63, 3.8) is 0 Å². The second-order valence-corrected chi connectivity index (χ2v) is 5.37. The first-order valence-corrected chi connectivity index (χ1v) is 7.22. The Morgan fingerprint density at radius 1 is 1.00 bits per heavy atom. The Morgan fingerprint density at radius 3 is 2.86 bits per heavy atom. The Bertz CT molecular complexity index is 631. The molecule has 21 heavy (non-hydrogen) atoms. The molecule has 2 aliphatic heterocycles. The average Bonchev–Trinajstić information content (AvgIpc) is 3.12. The molecule has 4 nitrogen and oxygen atoms in total. The predicted molar refractivity (Wildman–Crippen MR) is 78.8 cm³/mol. The van der Waals surface area contributed by atoms with Crippen LogP contribution in [-0.2, 0) is 13.0 Å². The van der Waals surface area contributed by atoms with Crippen molar-refractivity contribution >= 4 is 0 Å². The van der Waals surface area contributed by atoms with Crippen LogP contribution in [0.5, 0.6) is 17.2 Å². The Kier molecular flexibility index (Phi) is 3.16. The maximum atomic E-state index is 5.91. The Hall–Kier alpha value is -2.20. The van der Waals surface area contributed by atoms with E-state index in [1.54, 1.807) is 0 Å². The fourth-order valence-electron chi connectivity index (χ4n) is 2.80. The van der Waals surface area contributed by atoms with E-state index in [0.29, 0.717) is 6.79 Å². The third kappa shape index (κ3) is 2.54. The van der Waals surface area contributed by atoms with Crippen molar-refractivity contribution in [2.75, 3.05) is 13.3 Å². The van der Waals surface area contributed by atoms with E-state index in [1.165, 1.54) is 11.1 Å². The minimum atomic E-state index is 0.219. The monoisotopic (exact) mass is 283 g/mol. The third-order valence-electron chi connectivity index (χ3n) is 3.85. The summed E-state index contributed by atoms with van der Waals surface area (Å²) >= 11 is 0. The van der Waals surface area contributed by atoms with Gasteiger partial charge in [0.05, 0.1) is 0 Å². The predicted octanol–water partition coefficient (Wildman–Crippen LogP) is 2.51. The lowest BCUT2D eigenvalue weighted by atomic mass is 10.1. The molecule has 2 aliphatic rings. The molecule has 0 aliphatic carbocycles. The fourth-order valence-corrected chi connectivity index (χ4v) is 2.80. The molecule has 0 amide bonds. The molecule has 108 valence electrons. The lowest BCUT2D eigenvalue weighted by molar-refractivity contribution is 0.174. The number of hydrogen-bond acceptors (Lipinski definition) is 4. The molecule has 0 fully saturated rings. The van der Waals surface area contributed by atoms with E-state index in [9.17, 15) is 0 Å². The molecule has 2 aromatic carbocycles. The van der Waals surface area contributed by atoms with Crippen molar-refractivity contribution in [3.05, 3.63) is 53.6 Å². The second-order valence-electron chi connectivity index (χ2n) is 5.37. The molecule has 1 unspecified atom stereocenters. The van der Waals surface area contributed by atoms with Crippen molar-refractivity contribution < 1.29 is 14.2 Å². The van der Waals surface area contributed by atoms with Crippen LogP contribution in [-0.4, -0.2) is 19.4 Å². The zero-order valence-corrected chi connectivity index (χ0v) is 11.7. The van der Waals surface area contributed by atoms with Crippen LogP contribution < -0.4 is 19.5 Å². The van der Waals surface area contributed by atoms with Gasteiger partial charge in [-0.15, -0.1) is 0 Å². The number of ether oxygens (including phenoxy) is 3.